The monoisotopic (exact) mass is 439 g/mol. The molecule has 32 heavy (non-hydrogen) atoms. The van der Waals surface area contributed by atoms with Crippen molar-refractivity contribution in [2.75, 3.05) is 7.11 Å². The van der Waals surface area contributed by atoms with Crippen LogP contribution in [0.4, 0.5) is 0 Å². The summed E-state index contributed by atoms with van der Waals surface area (Å²) in [6, 6.07) is 19.4. The van der Waals surface area contributed by atoms with E-state index in [-0.39, 0.29) is 5.56 Å². The second-order valence-corrected chi connectivity index (χ2v) is 8.67. The first-order chi connectivity index (χ1) is 15.5. The number of para-hydroxylation sites is 1. The van der Waals surface area contributed by atoms with E-state index >= 15 is 0 Å². The van der Waals surface area contributed by atoms with Crippen LogP contribution in [-0.2, 0) is 0 Å². The lowest BCUT2D eigenvalue weighted by atomic mass is 10.1. The Bertz CT molecular complexity index is 1550. The Morgan fingerprint density at radius 3 is 2.53 bits per heavy atom. The van der Waals surface area contributed by atoms with Crippen molar-refractivity contribution in [3.05, 3.63) is 93.5 Å². The molecular weight excluding hydrogens is 418 g/mol. The van der Waals surface area contributed by atoms with Gasteiger partial charge in [-0.25, -0.2) is 14.5 Å². The topological polar surface area (TPSA) is 57.0 Å². The van der Waals surface area contributed by atoms with Crippen LogP contribution in [0.5, 0.6) is 5.75 Å². The van der Waals surface area contributed by atoms with Gasteiger partial charge in [0.15, 0.2) is 5.13 Å². The van der Waals surface area contributed by atoms with Gasteiger partial charge in [-0.1, -0.05) is 47.7 Å². The van der Waals surface area contributed by atoms with Crippen molar-refractivity contribution in [1.29, 1.82) is 0 Å². The Morgan fingerprint density at radius 2 is 1.75 bits per heavy atom. The lowest BCUT2D eigenvalue weighted by molar-refractivity contribution is 0.415. The number of benzene rings is 3. The Balaban J connectivity index is 1.72. The summed E-state index contributed by atoms with van der Waals surface area (Å²) in [5, 5.41) is 1.19. The fourth-order valence-electron chi connectivity index (χ4n) is 3.79. The summed E-state index contributed by atoms with van der Waals surface area (Å²) in [6.07, 6.45) is 3.80. The van der Waals surface area contributed by atoms with Crippen molar-refractivity contribution in [3.63, 3.8) is 0 Å². The molecule has 0 atom stereocenters. The molecule has 5 aromatic rings. The van der Waals surface area contributed by atoms with Gasteiger partial charge in [-0.3, -0.25) is 4.79 Å². The first kappa shape index (κ1) is 20.2. The van der Waals surface area contributed by atoms with Gasteiger partial charge in [0.05, 0.1) is 28.2 Å². The molecule has 158 valence electrons. The zero-order chi connectivity index (χ0) is 22.2. The number of aryl methyl sites for hydroxylation is 2. The van der Waals surface area contributed by atoms with Gasteiger partial charge >= 0.3 is 0 Å². The van der Waals surface area contributed by atoms with Crippen LogP contribution in [0, 0.1) is 13.8 Å². The Labute approximate surface area is 189 Å². The van der Waals surface area contributed by atoms with Crippen molar-refractivity contribution < 1.29 is 4.74 Å². The van der Waals surface area contributed by atoms with Gasteiger partial charge < -0.3 is 4.74 Å². The maximum Gasteiger partial charge on any atom is 0.268 e. The van der Waals surface area contributed by atoms with Crippen molar-refractivity contribution >= 4 is 44.6 Å². The molecule has 0 aliphatic carbocycles. The highest BCUT2D eigenvalue weighted by atomic mass is 32.1. The highest BCUT2D eigenvalue weighted by Gasteiger charge is 2.16. The van der Waals surface area contributed by atoms with E-state index in [0.29, 0.717) is 21.9 Å². The van der Waals surface area contributed by atoms with E-state index in [1.165, 1.54) is 16.9 Å². The molecule has 0 bridgehead atoms. The Morgan fingerprint density at radius 1 is 0.969 bits per heavy atom. The van der Waals surface area contributed by atoms with Gasteiger partial charge in [-0.2, -0.15) is 0 Å². The summed E-state index contributed by atoms with van der Waals surface area (Å²) in [7, 11) is 1.64. The lowest BCUT2D eigenvalue weighted by Crippen LogP contribution is -2.22. The molecule has 2 heterocycles. The van der Waals surface area contributed by atoms with Crippen LogP contribution in [0.1, 0.15) is 22.5 Å². The predicted molar refractivity (Wildman–Crippen MR) is 132 cm³/mol. The summed E-state index contributed by atoms with van der Waals surface area (Å²) in [5.74, 6) is 1.33. The largest absolute Gasteiger partial charge is 0.497 e. The van der Waals surface area contributed by atoms with E-state index in [4.69, 9.17) is 14.7 Å². The van der Waals surface area contributed by atoms with Crippen LogP contribution in [0.15, 0.2) is 65.5 Å². The average molecular weight is 440 g/mol. The standard InChI is InChI=1S/C26H21N3O2S/c1-16-14-17(2)24-22(15-16)32-26(28-24)29-23(13-10-18-8-11-19(31-3)12-9-18)27-21-7-5-4-6-20(21)25(29)30/h4-15H,1-3H3/b13-10+. The van der Waals surface area contributed by atoms with E-state index in [9.17, 15) is 4.79 Å². The fourth-order valence-corrected chi connectivity index (χ4v) is 4.94. The van der Waals surface area contributed by atoms with E-state index in [0.717, 1.165) is 27.1 Å². The van der Waals surface area contributed by atoms with E-state index in [2.05, 4.69) is 19.1 Å². The number of nitrogens with zero attached hydrogens (tertiary/aromatic N) is 3. The normalized spacial score (nSPS) is 11.6. The Hall–Kier alpha value is -3.77. The molecule has 0 aliphatic rings. The van der Waals surface area contributed by atoms with Crippen LogP contribution in [-0.4, -0.2) is 21.6 Å². The molecule has 0 saturated carbocycles. The highest BCUT2D eigenvalue weighted by Crippen LogP contribution is 2.29. The number of methoxy groups -OCH3 is 1. The van der Waals surface area contributed by atoms with Gasteiger partial charge in [-0.15, -0.1) is 0 Å². The van der Waals surface area contributed by atoms with E-state index in [1.807, 2.05) is 61.5 Å². The number of thiazole rings is 1. The third kappa shape index (κ3) is 3.59. The number of hydrogen-bond donors (Lipinski definition) is 0. The summed E-state index contributed by atoms with van der Waals surface area (Å²) in [5.41, 5.74) is 4.71. The maximum atomic E-state index is 13.5. The molecule has 0 fully saturated rings. The van der Waals surface area contributed by atoms with Crippen molar-refractivity contribution in [2.24, 2.45) is 0 Å². The smallest absolute Gasteiger partial charge is 0.268 e. The second-order valence-electron chi connectivity index (χ2n) is 7.66. The third-order valence-electron chi connectivity index (χ3n) is 5.35. The van der Waals surface area contributed by atoms with Gasteiger partial charge in [0.2, 0.25) is 0 Å². The van der Waals surface area contributed by atoms with Gasteiger partial charge in [0.25, 0.3) is 5.56 Å². The van der Waals surface area contributed by atoms with Crippen LogP contribution >= 0.6 is 11.3 Å². The number of aromatic nitrogens is 3. The number of hydrogen-bond acceptors (Lipinski definition) is 5. The van der Waals surface area contributed by atoms with Crippen molar-refractivity contribution in [1.82, 2.24) is 14.5 Å². The molecule has 0 spiro atoms. The number of ether oxygens (including phenoxy) is 1. The molecule has 0 aliphatic heterocycles. The summed E-state index contributed by atoms with van der Waals surface area (Å²) >= 11 is 1.50. The second kappa shape index (κ2) is 8.05. The predicted octanol–water partition coefficient (Wildman–Crippen LogP) is 5.79. The molecule has 0 saturated heterocycles. The zero-order valence-electron chi connectivity index (χ0n) is 18.0. The summed E-state index contributed by atoms with van der Waals surface area (Å²) in [6.45, 7) is 4.11. The molecule has 5 nitrogen and oxygen atoms in total. The molecule has 2 aromatic heterocycles. The minimum Gasteiger partial charge on any atom is -0.497 e. The number of fused-ring (bicyclic) bond motifs is 2. The van der Waals surface area contributed by atoms with Crippen LogP contribution in [0.25, 0.3) is 38.4 Å². The zero-order valence-corrected chi connectivity index (χ0v) is 18.8. The van der Waals surface area contributed by atoms with Crippen molar-refractivity contribution in [2.45, 2.75) is 13.8 Å². The molecule has 3 aromatic carbocycles. The molecule has 0 amide bonds. The first-order valence-electron chi connectivity index (χ1n) is 10.3. The van der Waals surface area contributed by atoms with Gasteiger partial charge in [0, 0.05) is 0 Å². The molecular formula is C26H21N3O2S. The maximum absolute atomic E-state index is 13.5. The summed E-state index contributed by atoms with van der Waals surface area (Å²) < 4.78 is 7.90. The number of rotatable bonds is 4. The lowest BCUT2D eigenvalue weighted by Gasteiger charge is -2.08. The van der Waals surface area contributed by atoms with Crippen LogP contribution < -0.4 is 10.3 Å². The Kier molecular flexibility index (Phi) is 5.07. The summed E-state index contributed by atoms with van der Waals surface area (Å²) in [4.78, 5) is 23.1. The molecule has 0 unspecified atom stereocenters. The fraction of sp³-hybridized carbons (Fsp3) is 0.115. The van der Waals surface area contributed by atoms with Gasteiger partial charge in [-0.05, 0) is 66.9 Å². The average Bonchev–Trinajstić information content (AvgIpc) is 3.22. The minimum absolute atomic E-state index is 0.126. The molecule has 5 rings (SSSR count). The molecule has 0 radical (unpaired) electrons. The van der Waals surface area contributed by atoms with Gasteiger partial charge in [0.1, 0.15) is 11.6 Å². The van der Waals surface area contributed by atoms with E-state index < -0.39 is 0 Å². The molecule has 0 N–H and O–H groups in total. The minimum atomic E-state index is -0.126. The highest BCUT2D eigenvalue weighted by molar-refractivity contribution is 7.20. The first-order valence-corrected chi connectivity index (χ1v) is 11.1. The van der Waals surface area contributed by atoms with Crippen LogP contribution in [0.2, 0.25) is 0 Å². The third-order valence-corrected chi connectivity index (χ3v) is 6.34. The SMILES string of the molecule is COc1ccc(/C=C/c2nc3ccccc3c(=O)n2-c2nc3c(C)cc(C)cc3s2)cc1. The quantitative estimate of drug-likeness (QED) is 0.356. The van der Waals surface area contributed by atoms with Crippen molar-refractivity contribution in [3.8, 4) is 10.9 Å². The molecule has 6 heteroatoms. The van der Waals surface area contributed by atoms with E-state index in [1.54, 1.807) is 17.7 Å². The van der Waals surface area contributed by atoms with Crippen LogP contribution in [0.3, 0.4) is 0 Å².